The number of rotatable bonds is 5. The topological polar surface area (TPSA) is 93.5 Å². The van der Waals surface area contributed by atoms with E-state index in [1.807, 2.05) is 13.0 Å². The van der Waals surface area contributed by atoms with E-state index >= 15 is 0 Å². The van der Waals surface area contributed by atoms with Crippen LogP contribution in [0.15, 0.2) is 36.4 Å². The van der Waals surface area contributed by atoms with Gasteiger partial charge in [-0.25, -0.2) is 4.39 Å². The average molecular weight is 345 g/mol. The largest absolute Gasteiger partial charge is 0.482 e. The summed E-state index contributed by atoms with van der Waals surface area (Å²) < 4.78 is 19.2. The van der Waals surface area contributed by atoms with E-state index in [0.29, 0.717) is 11.4 Å². The van der Waals surface area contributed by atoms with Gasteiger partial charge in [0.15, 0.2) is 6.61 Å². The van der Waals surface area contributed by atoms with Crippen molar-refractivity contribution < 1.29 is 18.8 Å². The Morgan fingerprint density at radius 2 is 2.20 bits per heavy atom. The highest BCUT2D eigenvalue weighted by molar-refractivity contribution is 5.95. The third-order valence-electron chi connectivity index (χ3n) is 4.01. The summed E-state index contributed by atoms with van der Waals surface area (Å²) in [6.07, 6.45) is 0. The normalized spacial score (nSPS) is 14.2. The molecule has 7 nitrogen and oxygen atoms in total. The fourth-order valence-electron chi connectivity index (χ4n) is 2.64. The first-order valence-corrected chi connectivity index (χ1v) is 7.67. The molecule has 1 amide bonds. The Morgan fingerprint density at radius 1 is 1.40 bits per heavy atom. The van der Waals surface area contributed by atoms with Gasteiger partial charge in [0.05, 0.1) is 16.2 Å². The Hall–Kier alpha value is -3.00. The number of nitro benzene ring substituents is 1. The molecule has 0 bridgehead atoms. The SMILES string of the molecule is C[C@@H](NCc1c(F)cccc1[N+](=O)[O-])c1ccc2c(c1)NC(=O)CO2. The number of nitrogens with one attached hydrogen (secondary N) is 2. The Kier molecular flexibility index (Phi) is 4.62. The van der Waals surface area contributed by atoms with Gasteiger partial charge in [-0.05, 0) is 30.7 Å². The number of hydrogen-bond acceptors (Lipinski definition) is 5. The fourth-order valence-corrected chi connectivity index (χ4v) is 2.64. The standard InChI is InChI=1S/C17H16FN3O4/c1-10(11-5-6-16-14(7-11)20-17(22)9-25-16)19-8-12-13(18)3-2-4-15(12)21(23)24/h2-7,10,19H,8-9H2,1H3,(H,20,22)/t10-/m1/s1. The van der Waals surface area contributed by atoms with Gasteiger partial charge in [-0.2, -0.15) is 0 Å². The first-order chi connectivity index (χ1) is 12.0. The minimum absolute atomic E-state index is 0.00406. The van der Waals surface area contributed by atoms with Gasteiger partial charge in [-0.3, -0.25) is 14.9 Å². The molecule has 1 heterocycles. The Labute approximate surface area is 143 Å². The number of carbonyl (C=O) groups is 1. The highest BCUT2D eigenvalue weighted by Crippen LogP contribution is 2.31. The molecule has 0 aromatic heterocycles. The molecule has 0 saturated carbocycles. The molecule has 0 spiro atoms. The number of anilines is 1. The van der Waals surface area contributed by atoms with E-state index in [9.17, 15) is 19.3 Å². The van der Waals surface area contributed by atoms with Crippen LogP contribution in [0.25, 0.3) is 0 Å². The summed E-state index contributed by atoms with van der Waals surface area (Å²) in [6, 6.07) is 8.89. The summed E-state index contributed by atoms with van der Waals surface area (Å²) >= 11 is 0. The number of halogens is 1. The third-order valence-corrected chi connectivity index (χ3v) is 4.01. The van der Waals surface area contributed by atoms with Gasteiger partial charge in [0.1, 0.15) is 11.6 Å². The van der Waals surface area contributed by atoms with Gasteiger partial charge in [0.25, 0.3) is 11.6 Å². The number of carbonyl (C=O) groups excluding carboxylic acids is 1. The van der Waals surface area contributed by atoms with Crippen molar-refractivity contribution in [3.8, 4) is 5.75 Å². The number of ether oxygens (including phenoxy) is 1. The molecule has 1 atom stereocenters. The van der Waals surface area contributed by atoms with Crippen LogP contribution in [-0.2, 0) is 11.3 Å². The minimum atomic E-state index is -0.625. The zero-order valence-electron chi connectivity index (χ0n) is 13.4. The molecule has 2 aromatic rings. The maximum atomic E-state index is 13.9. The predicted octanol–water partition coefficient (Wildman–Crippen LogP) is 2.92. The van der Waals surface area contributed by atoms with E-state index in [4.69, 9.17) is 4.74 Å². The summed E-state index contributed by atoms with van der Waals surface area (Å²) in [5, 5.41) is 16.8. The van der Waals surface area contributed by atoms with Crippen LogP contribution in [0, 0.1) is 15.9 Å². The molecule has 0 saturated heterocycles. The molecular formula is C17H16FN3O4. The van der Waals surface area contributed by atoms with Crippen molar-refractivity contribution in [1.29, 1.82) is 0 Å². The number of benzene rings is 2. The second kappa shape index (κ2) is 6.86. The molecule has 0 radical (unpaired) electrons. The molecule has 0 aliphatic carbocycles. The molecule has 1 aliphatic rings. The highest BCUT2D eigenvalue weighted by Gasteiger charge is 2.20. The second-order valence-corrected chi connectivity index (χ2v) is 5.69. The number of hydrogen-bond donors (Lipinski definition) is 2. The van der Waals surface area contributed by atoms with Crippen LogP contribution in [0.1, 0.15) is 24.1 Å². The van der Waals surface area contributed by atoms with Gasteiger partial charge in [0.2, 0.25) is 0 Å². The van der Waals surface area contributed by atoms with E-state index in [0.717, 1.165) is 5.56 Å². The van der Waals surface area contributed by atoms with E-state index < -0.39 is 10.7 Å². The number of fused-ring (bicyclic) bond motifs is 1. The Bertz CT molecular complexity index is 841. The van der Waals surface area contributed by atoms with Crippen LogP contribution in [0.3, 0.4) is 0 Å². The van der Waals surface area contributed by atoms with Crippen molar-refractivity contribution in [1.82, 2.24) is 5.32 Å². The maximum absolute atomic E-state index is 13.9. The Morgan fingerprint density at radius 3 is 2.96 bits per heavy atom. The Balaban J connectivity index is 1.76. The van der Waals surface area contributed by atoms with Gasteiger partial charge in [-0.1, -0.05) is 12.1 Å². The lowest BCUT2D eigenvalue weighted by Gasteiger charge is -2.21. The minimum Gasteiger partial charge on any atom is -0.482 e. The molecule has 8 heteroatoms. The van der Waals surface area contributed by atoms with Crippen molar-refractivity contribution in [2.75, 3.05) is 11.9 Å². The molecule has 130 valence electrons. The number of amides is 1. The quantitative estimate of drug-likeness (QED) is 0.642. The van der Waals surface area contributed by atoms with Crippen LogP contribution in [0.5, 0.6) is 5.75 Å². The molecule has 3 rings (SSSR count). The van der Waals surface area contributed by atoms with Gasteiger partial charge >= 0.3 is 0 Å². The molecule has 25 heavy (non-hydrogen) atoms. The second-order valence-electron chi connectivity index (χ2n) is 5.69. The smallest absolute Gasteiger partial charge is 0.276 e. The van der Waals surface area contributed by atoms with E-state index in [1.54, 1.807) is 12.1 Å². The van der Waals surface area contributed by atoms with Gasteiger partial charge in [-0.15, -0.1) is 0 Å². The molecule has 0 unspecified atom stereocenters. The lowest BCUT2D eigenvalue weighted by molar-refractivity contribution is -0.385. The van der Waals surface area contributed by atoms with E-state index in [1.165, 1.54) is 18.2 Å². The van der Waals surface area contributed by atoms with Crippen LogP contribution in [0.4, 0.5) is 15.8 Å². The van der Waals surface area contributed by atoms with Crippen LogP contribution in [-0.4, -0.2) is 17.4 Å². The van der Waals surface area contributed by atoms with Crippen molar-refractivity contribution in [3.05, 3.63) is 63.5 Å². The van der Waals surface area contributed by atoms with Gasteiger partial charge < -0.3 is 15.4 Å². The van der Waals surface area contributed by atoms with Crippen LogP contribution < -0.4 is 15.4 Å². The van der Waals surface area contributed by atoms with Crippen molar-refractivity contribution in [3.63, 3.8) is 0 Å². The van der Waals surface area contributed by atoms with E-state index in [-0.39, 0.29) is 36.4 Å². The number of nitrogens with zero attached hydrogens (tertiary/aromatic N) is 1. The van der Waals surface area contributed by atoms with Crippen LogP contribution in [0.2, 0.25) is 0 Å². The van der Waals surface area contributed by atoms with Gasteiger partial charge in [0, 0.05) is 18.7 Å². The molecule has 0 fully saturated rings. The summed E-state index contributed by atoms with van der Waals surface area (Å²) in [6.45, 7) is 1.83. The average Bonchev–Trinajstić information content (AvgIpc) is 2.59. The first kappa shape index (κ1) is 16.8. The van der Waals surface area contributed by atoms with Crippen LogP contribution >= 0.6 is 0 Å². The van der Waals surface area contributed by atoms with Crippen molar-refractivity contribution in [2.45, 2.75) is 19.5 Å². The summed E-state index contributed by atoms with van der Waals surface area (Å²) in [4.78, 5) is 21.8. The monoisotopic (exact) mass is 345 g/mol. The summed E-state index contributed by atoms with van der Waals surface area (Å²) in [7, 11) is 0. The van der Waals surface area contributed by atoms with Crippen molar-refractivity contribution >= 4 is 17.3 Å². The molecule has 1 aliphatic heterocycles. The zero-order chi connectivity index (χ0) is 18.0. The highest BCUT2D eigenvalue weighted by atomic mass is 19.1. The molecule has 2 N–H and O–H groups in total. The van der Waals surface area contributed by atoms with Crippen molar-refractivity contribution in [2.24, 2.45) is 0 Å². The fraction of sp³-hybridized carbons (Fsp3) is 0.235. The zero-order valence-corrected chi connectivity index (χ0v) is 13.4. The maximum Gasteiger partial charge on any atom is 0.276 e. The lowest BCUT2D eigenvalue weighted by atomic mass is 10.1. The van der Waals surface area contributed by atoms with E-state index in [2.05, 4.69) is 10.6 Å². The molecule has 2 aromatic carbocycles. The first-order valence-electron chi connectivity index (χ1n) is 7.67. The third kappa shape index (κ3) is 3.58. The number of nitro groups is 1. The summed E-state index contributed by atoms with van der Waals surface area (Å²) in [5.74, 6) is -0.271. The predicted molar refractivity (Wildman–Crippen MR) is 88.9 cm³/mol. The summed E-state index contributed by atoms with van der Waals surface area (Å²) in [5.41, 5.74) is 1.16. The lowest BCUT2D eigenvalue weighted by Crippen LogP contribution is -2.26. The molecular weight excluding hydrogens is 329 g/mol.